The average molecular weight is 614 g/mol. The van der Waals surface area contributed by atoms with Crippen molar-refractivity contribution in [1.29, 1.82) is 0 Å². The number of hydrogen-bond donors (Lipinski definition) is 3. The fraction of sp³-hybridized carbons (Fsp3) is 0.333. The van der Waals surface area contributed by atoms with Crippen LogP contribution in [0.1, 0.15) is 61.5 Å². The van der Waals surface area contributed by atoms with Gasteiger partial charge in [0.05, 0.1) is 0 Å². The molecule has 3 amide bonds. The highest BCUT2D eigenvalue weighted by molar-refractivity contribution is 6.04. The van der Waals surface area contributed by atoms with Gasteiger partial charge in [0.1, 0.15) is 18.2 Å². The topological polar surface area (TPSA) is 123 Å². The third kappa shape index (κ3) is 13.9. The van der Waals surface area contributed by atoms with Crippen molar-refractivity contribution in [3.63, 3.8) is 0 Å². The molecule has 45 heavy (non-hydrogen) atoms. The van der Waals surface area contributed by atoms with Gasteiger partial charge < -0.3 is 25.4 Å². The summed E-state index contributed by atoms with van der Waals surface area (Å²) in [6.45, 7) is 5.85. The molecule has 0 radical (unpaired) electrons. The van der Waals surface area contributed by atoms with Crippen LogP contribution >= 0.6 is 0 Å². The van der Waals surface area contributed by atoms with E-state index in [-0.39, 0.29) is 18.8 Å². The summed E-state index contributed by atoms with van der Waals surface area (Å²) in [6, 6.07) is 26.1. The van der Waals surface area contributed by atoms with E-state index in [9.17, 15) is 19.2 Å². The highest BCUT2D eigenvalue weighted by Gasteiger charge is 2.24. The van der Waals surface area contributed by atoms with Gasteiger partial charge in [-0.2, -0.15) is 0 Å². The SMILES string of the molecule is CC(C)(C)OC(=O)NCCCC[C@@H](/C=C/C(=O)c1ccccc1)NC(=O)[C@H](Cc1ccccc1)NC(=O)OCc1ccccc1. The number of ketones is 1. The minimum Gasteiger partial charge on any atom is -0.445 e. The molecule has 0 aliphatic heterocycles. The zero-order chi connectivity index (χ0) is 32.5. The van der Waals surface area contributed by atoms with Crippen LogP contribution in [0, 0.1) is 0 Å². The maximum Gasteiger partial charge on any atom is 0.408 e. The Morgan fingerprint density at radius 1 is 0.756 bits per heavy atom. The summed E-state index contributed by atoms with van der Waals surface area (Å²) in [5.74, 6) is -0.603. The molecular weight excluding hydrogens is 570 g/mol. The van der Waals surface area contributed by atoms with E-state index in [2.05, 4.69) is 16.0 Å². The van der Waals surface area contributed by atoms with Crippen molar-refractivity contribution in [1.82, 2.24) is 16.0 Å². The molecule has 0 saturated heterocycles. The van der Waals surface area contributed by atoms with Crippen LogP contribution in [0.2, 0.25) is 0 Å². The second-order valence-corrected chi connectivity index (χ2v) is 11.6. The molecule has 3 rings (SSSR count). The minimum absolute atomic E-state index is 0.0661. The first-order valence-electron chi connectivity index (χ1n) is 15.1. The number of carbonyl (C=O) groups excluding carboxylic acids is 4. The largest absolute Gasteiger partial charge is 0.445 e. The second kappa shape index (κ2) is 18.0. The Hall–Kier alpha value is -4.92. The molecule has 0 aromatic heterocycles. The number of alkyl carbamates (subject to hydrolysis) is 2. The van der Waals surface area contributed by atoms with E-state index in [0.29, 0.717) is 31.4 Å². The first kappa shape index (κ1) is 34.6. The zero-order valence-electron chi connectivity index (χ0n) is 26.2. The van der Waals surface area contributed by atoms with E-state index in [0.717, 1.165) is 11.1 Å². The van der Waals surface area contributed by atoms with E-state index in [1.807, 2.05) is 66.7 Å². The number of hydrogen-bond acceptors (Lipinski definition) is 6. The minimum atomic E-state index is -0.926. The molecule has 0 unspecified atom stereocenters. The number of carbonyl (C=O) groups is 4. The van der Waals surface area contributed by atoms with Crippen molar-refractivity contribution in [3.8, 4) is 0 Å². The zero-order valence-corrected chi connectivity index (χ0v) is 26.2. The smallest absolute Gasteiger partial charge is 0.408 e. The van der Waals surface area contributed by atoms with E-state index in [1.165, 1.54) is 6.08 Å². The van der Waals surface area contributed by atoms with Gasteiger partial charge >= 0.3 is 12.2 Å². The molecule has 0 bridgehead atoms. The predicted octanol–water partition coefficient (Wildman–Crippen LogP) is 6.14. The van der Waals surface area contributed by atoms with Gasteiger partial charge in [0.2, 0.25) is 5.91 Å². The maximum atomic E-state index is 13.6. The van der Waals surface area contributed by atoms with Crippen molar-refractivity contribution >= 4 is 23.9 Å². The molecule has 3 aromatic rings. The number of benzene rings is 3. The number of nitrogens with one attached hydrogen (secondary N) is 3. The van der Waals surface area contributed by atoms with Crippen molar-refractivity contribution in [3.05, 3.63) is 120 Å². The molecule has 0 aliphatic rings. The van der Waals surface area contributed by atoms with Gasteiger partial charge in [0, 0.05) is 24.6 Å². The first-order chi connectivity index (χ1) is 21.6. The predicted molar refractivity (Wildman–Crippen MR) is 174 cm³/mol. The number of ether oxygens (including phenoxy) is 2. The van der Waals surface area contributed by atoms with Crippen LogP contribution < -0.4 is 16.0 Å². The molecule has 9 heteroatoms. The van der Waals surface area contributed by atoms with Crippen LogP contribution in [0.4, 0.5) is 9.59 Å². The van der Waals surface area contributed by atoms with E-state index < -0.39 is 35.8 Å². The lowest BCUT2D eigenvalue weighted by Crippen LogP contribution is -2.50. The van der Waals surface area contributed by atoms with Crippen LogP contribution in [-0.2, 0) is 27.3 Å². The van der Waals surface area contributed by atoms with Crippen molar-refractivity contribution in [2.75, 3.05) is 6.54 Å². The number of allylic oxidation sites excluding steroid dienone is 1. The maximum absolute atomic E-state index is 13.6. The van der Waals surface area contributed by atoms with Crippen LogP contribution in [0.3, 0.4) is 0 Å². The standard InChI is InChI=1S/C36H43N3O6/c1-36(2,3)45-34(42)37-24-14-13-21-30(22-23-32(40)29-19-11-6-12-20-29)38-33(41)31(25-27-15-7-4-8-16-27)39-35(43)44-26-28-17-9-5-10-18-28/h4-12,15-20,22-23,30-31H,13-14,21,24-26H2,1-3H3,(H,37,42)(H,38,41)(H,39,43)/b23-22+/t30-,31-/m0/s1. The molecule has 0 aliphatic carbocycles. The quantitative estimate of drug-likeness (QED) is 0.107. The van der Waals surface area contributed by atoms with Crippen molar-refractivity contribution < 1.29 is 28.7 Å². The lowest BCUT2D eigenvalue weighted by Gasteiger charge is -2.22. The fourth-order valence-corrected chi connectivity index (χ4v) is 4.36. The van der Waals surface area contributed by atoms with Crippen molar-refractivity contribution in [2.45, 2.75) is 70.7 Å². The Morgan fingerprint density at radius 2 is 1.36 bits per heavy atom. The van der Waals surface area contributed by atoms with Crippen LogP contribution in [0.15, 0.2) is 103 Å². The normalized spacial score (nSPS) is 12.5. The second-order valence-electron chi connectivity index (χ2n) is 11.6. The molecule has 0 spiro atoms. The van der Waals surface area contributed by atoms with E-state index in [1.54, 1.807) is 51.1 Å². The first-order valence-corrected chi connectivity index (χ1v) is 15.1. The van der Waals surface area contributed by atoms with Gasteiger partial charge in [-0.3, -0.25) is 9.59 Å². The van der Waals surface area contributed by atoms with Crippen LogP contribution in [-0.4, -0.2) is 48.1 Å². The molecule has 0 fully saturated rings. The lowest BCUT2D eigenvalue weighted by molar-refractivity contribution is -0.123. The molecule has 3 N–H and O–H groups in total. The number of rotatable bonds is 15. The van der Waals surface area contributed by atoms with Crippen LogP contribution in [0.5, 0.6) is 0 Å². The summed E-state index contributed by atoms with van der Waals surface area (Å²) < 4.78 is 10.7. The molecule has 2 atom stereocenters. The highest BCUT2D eigenvalue weighted by Crippen LogP contribution is 2.10. The molecule has 0 heterocycles. The van der Waals surface area contributed by atoms with Gasteiger partial charge in [0.15, 0.2) is 5.78 Å². The average Bonchev–Trinajstić information content (AvgIpc) is 3.02. The monoisotopic (exact) mass is 613 g/mol. The molecule has 3 aromatic carbocycles. The Kier molecular flexibility index (Phi) is 13.8. The fourth-order valence-electron chi connectivity index (χ4n) is 4.36. The third-order valence-electron chi connectivity index (χ3n) is 6.58. The van der Waals surface area contributed by atoms with Gasteiger partial charge in [-0.25, -0.2) is 9.59 Å². The van der Waals surface area contributed by atoms with Gasteiger partial charge in [-0.15, -0.1) is 0 Å². The molecule has 238 valence electrons. The third-order valence-corrected chi connectivity index (χ3v) is 6.58. The Balaban J connectivity index is 1.67. The summed E-state index contributed by atoms with van der Waals surface area (Å²) in [6.07, 6.45) is 3.92. The van der Waals surface area contributed by atoms with Crippen molar-refractivity contribution in [2.24, 2.45) is 0 Å². The highest BCUT2D eigenvalue weighted by atomic mass is 16.6. The summed E-state index contributed by atoms with van der Waals surface area (Å²) in [5, 5.41) is 8.44. The molecule has 9 nitrogen and oxygen atoms in total. The summed E-state index contributed by atoms with van der Waals surface area (Å²) in [4.78, 5) is 51.1. The van der Waals surface area contributed by atoms with E-state index in [4.69, 9.17) is 9.47 Å². The Morgan fingerprint density at radius 3 is 1.98 bits per heavy atom. The van der Waals surface area contributed by atoms with Gasteiger partial charge in [-0.1, -0.05) is 97.1 Å². The Labute approximate surface area is 265 Å². The number of amides is 3. The molecule has 0 saturated carbocycles. The summed E-state index contributed by atoms with van der Waals surface area (Å²) >= 11 is 0. The Bertz CT molecular complexity index is 1390. The van der Waals surface area contributed by atoms with E-state index >= 15 is 0 Å². The lowest BCUT2D eigenvalue weighted by atomic mass is 10.0. The molecular formula is C36H43N3O6. The van der Waals surface area contributed by atoms with Gasteiger partial charge in [0.25, 0.3) is 0 Å². The summed E-state index contributed by atoms with van der Waals surface area (Å²) in [5.41, 5.74) is 1.63. The van der Waals surface area contributed by atoms with Crippen LogP contribution in [0.25, 0.3) is 0 Å². The van der Waals surface area contributed by atoms with Gasteiger partial charge in [-0.05, 0) is 57.2 Å². The number of unbranched alkanes of at least 4 members (excludes halogenated alkanes) is 1. The summed E-state index contributed by atoms with van der Waals surface area (Å²) in [7, 11) is 0.